The van der Waals surface area contributed by atoms with E-state index in [0.717, 1.165) is 5.56 Å². The Morgan fingerprint density at radius 1 is 1.25 bits per heavy atom. The predicted octanol–water partition coefficient (Wildman–Crippen LogP) is -0.298. The molecule has 1 unspecified atom stereocenters. The van der Waals surface area contributed by atoms with Crippen LogP contribution in [0, 0.1) is 5.21 Å². The van der Waals surface area contributed by atoms with Crippen molar-refractivity contribution in [2.45, 2.75) is 13.0 Å². The maximum atomic E-state index is 9.77. The second-order valence-electron chi connectivity index (χ2n) is 2.28. The molecule has 58 valence electrons. The van der Waals surface area contributed by atoms with Crippen LogP contribution in [-0.2, 0) is 0 Å². The SMILES string of the molecule is CC(N=N[O-])c1ccccc1.[K+]. The smallest absolute Gasteiger partial charge is 0.775 e. The Morgan fingerprint density at radius 3 is 2.33 bits per heavy atom. The zero-order chi connectivity index (χ0) is 8.10. The molecule has 1 aromatic carbocycles. The van der Waals surface area contributed by atoms with Crippen molar-refractivity contribution >= 4 is 0 Å². The van der Waals surface area contributed by atoms with Crippen molar-refractivity contribution in [3.63, 3.8) is 0 Å². The molecule has 0 heterocycles. The van der Waals surface area contributed by atoms with E-state index < -0.39 is 0 Å². The van der Waals surface area contributed by atoms with E-state index in [1.165, 1.54) is 0 Å². The van der Waals surface area contributed by atoms with Crippen molar-refractivity contribution in [1.82, 2.24) is 0 Å². The summed E-state index contributed by atoms with van der Waals surface area (Å²) in [5.74, 6) is 0. The van der Waals surface area contributed by atoms with Gasteiger partial charge in [-0.25, -0.2) is 5.28 Å². The molecule has 0 spiro atoms. The van der Waals surface area contributed by atoms with Gasteiger partial charge in [0.2, 0.25) is 0 Å². The van der Waals surface area contributed by atoms with E-state index in [4.69, 9.17) is 0 Å². The quantitative estimate of drug-likeness (QED) is 0.357. The molecule has 0 N–H and O–H groups in total. The van der Waals surface area contributed by atoms with Crippen LogP contribution in [0.4, 0.5) is 0 Å². The molecule has 0 aliphatic carbocycles. The van der Waals surface area contributed by atoms with Gasteiger partial charge in [0.25, 0.3) is 0 Å². The number of rotatable bonds is 2. The molecule has 12 heavy (non-hydrogen) atoms. The first-order chi connectivity index (χ1) is 5.34. The van der Waals surface area contributed by atoms with Gasteiger partial charge in [0, 0.05) is 0 Å². The Labute approximate surface area is 114 Å². The van der Waals surface area contributed by atoms with Gasteiger partial charge in [0.1, 0.15) is 0 Å². The number of benzene rings is 1. The van der Waals surface area contributed by atoms with Gasteiger partial charge in [0.15, 0.2) is 0 Å². The van der Waals surface area contributed by atoms with Crippen LogP contribution in [0.3, 0.4) is 0 Å². The summed E-state index contributed by atoms with van der Waals surface area (Å²) >= 11 is 0. The second-order valence-corrected chi connectivity index (χ2v) is 2.28. The number of nitrogens with zero attached hydrogens (tertiary/aromatic N) is 2. The molecule has 3 nitrogen and oxygen atoms in total. The normalized spacial score (nSPS) is 12.4. The van der Waals surface area contributed by atoms with Gasteiger partial charge in [-0.3, -0.25) is 0 Å². The maximum Gasteiger partial charge on any atom is 1.00 e. The van der Waals surface area contributed by atoms with Crippen molar-refractivity contribution in [1.29, 1.82) is 0 Å². The summed E-state index contributed by atoms with van der Waals surface area (Å²) in [5.41, 5.74) is 1.01. The van der Waals surface area contributed by atoms with Crippen molar-refractivity contribution in [3.8, 4) is 0 Å². The minimum absolute atomic E-state index is 0. The first kappa shape index (κ1) is 12.3. The van der Waals surface area contributed by atoms with Crippen LogP contribution >= 0.6 is 0 Å². The molecule has 0 radical (unpaired) electrons. The van der Waals surface area contributed by atoms with Crippen LogP contribution in [0.15, 0.2) is 40.7 Å². The molecular formula is C8H9KN2O. The molecule has 0 bridgehead atoms. The molecule has 0 aromatic heterocycles. The molecule has 1 aromatic rings. The largest absolute Gasteiger partial charge is 1.00 e. The van der Waals surface area contributed by atoms with Gasteiger partial charge in [-0.15, -0.1) is 0 Å². The Morgan fingerprint density at radius 2 is 1.83 bits per heavy atom. The average Bonchev–Trinajstić information content (AvgIpc) is 2.07. The summed E-state index contributed by atoms with van der Waals surface area (Å²) in [7, 11) is 0. The summed E-state index contributed by atoms with van der Waals surface area (Å²) in [6, 6.07) is 9.44. The van der Waals surface area contributed by atoms with Crippen LogP contribution < -0.4 is 51.4 Å². The molecule has 0 aliphatic rings. The van der Waals surface area contributed by atoms with E-state index in [9.17, 15) is 5.21 Å². The van der Waals surface area contributed by atoms with Gasteiger partial charge in [0.05, 0.1) is 6.04 Å². The van der Waals surface area contributed by atoms with Gasteiger partial charge >= 0.3 is 51.4 Å². The van der Waals surface area contributed by atoms with Crippen LogP contribution in [0.5, 0.6) is 0 Å². The number of hydrogen-bond acceptors (Lipinski definition) is 3. The molecule has 0 saturated carbocycles. The predicted molar refractivity (Wildman–Crippen MR) is 43.1 cm³/mol. The van der Waals surface area contributed by atoms with Crippen molar-refractivity contribution in [2.75, 3.05) is 0 Å². The van der Waals surface area contributed by atoms with E-state index in [2.05, 4.69) is 10.4 Å². The topological polar surface area (TPSA) is 47.8 Å². The van der Waals surface area contributed by atoms with Crippen LogP contribution in [0.2, 0.25) is 0 Å². The van der Waals surface area contributed by atoms with E-state index in [-0.39, 0.29) is 57.4 Å². The molecule has 1 atom stereocenters. The summed E-state index contributed by atoms with van der Waals surface area (Å²) in [6.45, 7) is 1.83. The van der Waals surface area contributed by atoms with Crippen molar-refractivity contribution < 1.29 is 51.4 Å². The monoisotopic (exact) mass is 188 g/mol. The summed E-state index contributed by atoms with van der Waals surface area (Å²) in [4.78, 5) is 0. The first-order valence-corrected chi connectivity index (χ1v) is 3.42. The Kier molecular flexibility index (Phi) is 6.88. The third kappa shape index (κ3) is 3.78. The van der Waals surface area contributed by atoms with E-state index >= 15 is 0 Å². The fourth-order valence-electron chi connectivity index (χ4n) is 0.869. The summed E-state index contributed by atoms with van der Waals surface area (Å²) < 4.78 is 0. The molecule has 1 rings (SSSR count). The van der Waals surface area contributed by atoms with Crippen LogP contribution in [0.1, 0.15) is 18.5 Å². The van der Waals surface area contributed by atoms with Gasteiger partial charge < -0.3 is 5.21 Å². The van der Waals surface area contributed by atoms with E-state index in [0.29, 0.717) is 0 Å². The molecule has 0 fully saturated rings. The van der Waals surface area contributed by atoms with Gasteiger partial charge in [-0.05, 0) is 12.5 Å². The fraction of sp³-hybridized carbons (Fsp3) is 0.250. The Hall–Kier alpha value is 0.256. The van der Waals surface area contributed by atoms with Crippen molar-refractivity contribution in [3.05, 3.63) is 41.1 Å². The Balaban J connectivity index is 0.00000121. The fourth-order valence-corrected chi connectivity index (χ4v) is 0.869. The molecule has 0 saturated heterocycles. The Bertz CT molecular complexity index is 238. The van der Waals surface area contributed by atoms with Crippen LogP contribution in [0.25, 0.3) is 0 Å². The first-order valence-electron chi connectivity index (χ1n) is 3.42. The van der Waals surface area contributed by atoms with Crippen molar-refractivity contribution in [2.24, 2.45) is 10.4 Å². The molecular weight excluding hydrogens is 179 g/mol. The van der Waals surface area contributed by atoms with E-state index in [1.807, 2.05) is 37.3 Å². The minimum Gasteiger partial charge on any atom is -0.775 e. The third-order valence-corrected chi connectivity index (χ3v) is 1.50. The standard InChI is InChI=1S/C8H10N2O.K/c1-7(9-10-11)8-5-3-2-4-6-8;/h2-7H,1H3,(H,9,11);/q;+1/p-1. The zero-order valence-electron chi connectivity index (χ0n) is 7.27. The molecule has 0 amide bonds. The number of hydrogen-bond donors (Lipinski definition) is 0. The third-order valence-electron chi connectivity index (χ3n) is 1.50. The van der Waals surface area contributed by atoms with Gasteiger partial charge in [-0.1, -0.05) is 30.3 Å². The van der Waals surface area contributed by atoms with E-state index in [1.54, 1.807) is 0 Å². The average molecular weight is 188 g/mol. The molecule has 4 heteroatoms. The maximum absolute atomic E-state index is 9.77. The summed E-state index contributed by atoms with van der Waals surface area (Å²) in [5, 5.41) is 15.7. The second kappa shape index (κ2) is 6.74. The minimum atomic E-state index is -0.131. The zero-order valence-corrected chi connectivity index (χ0v) is 10.4. The van der Waals surface area contributed by atoms with Crippen LogP contribution in [-0.4, -0.2) is 0 Å². The summed E-state index contributed by atoms with van der Waals surface area (Å²) in [6.07, 6.45) is 0. The van der Waals surface area contributed by atoms with Gasteiger partial charge in [-0.2, -0.15) is 5.11 Å². The molecule has 0 aliphatic heterocycles.